The lowest BCUT2D eigenvalue weighted by Crippen LogP contribution is -2.08. The maximum Gasteiger partial charge on any atom is 0.333 e. The van der Waals surface area contributed by atoms with Gasteiger partial charge in [-0.1, -0.05) is 37.1 Å². The van der Waals surface area contributed by atoms with E-state index < -0.39 is 0 Å². The largest absolute Gasteiger partial charge is 0.463 e. The molecular weight excluding hydrogens is 328 g/mol. The maximum absolute atomic E-state index is 12.1. The average Bonchev–Trinajstić information content (AvgIpc) is 2.58. The van der Waals surface area contributed by atoms with Gasteiger partial charge in [0.15, 0.2) is 0 Å². The van der Waals surface area contributed by atoms with E-state index in [1.54, 1.807) is 13.0 Å². The molecule has 0 aliphatic carbocycles. The number of Topliss-reactive ketones (excluding diaryl/α,β-unsaturated/α-hetero) is 1. The summed E-state index contributed by atoms with van der Waals surface area (Å²) in [5.74, 6) is 0.0898. The topological polar surface area (TPSA) is 60.4 Å². The Hall–Kier alpha value is -1.97. The van der Waals surface area contributed by atoms with E-state index >= 15 is 0 Å². The lowest BCUT2D eigenvalue weighted by atomic mass is 10.00. The van der Waals surface area contributed by atoms with Crippen LogP contribution in [0.3, 0.4) is 0 Å². The second-order valence-electron chi connectivity index (χ2n) is 6.85. The number of carbonyl (C=O) groups is 3. The summed E-state index contributed by atoms with van der Waals surface area (Å²) in [4.78, 5) is 34.2. The molecule has 0 aromatic rings. The number of hydrogen-bond acceptors (Lipinski definition) is 4. The van der Waals surface area contributed by atoms with Crippen LogP contribution in [-0.2, 0) is 19.1 Å². The van der Waals surface area contributed by atoms with Crippen LogP contribution in [0, 0.1) is 5.92 Å². The highest BCUT2D eigenvalue weighted by atomic mass is 16.5. The molecule has 4 nitrogen and oxygen atoms in total. The predicted molar refractivity (Wildman–Crippen MR) is 106 cm³/mol. The number of ether oxygens (including phenoxy) is 1. The number of allylic oxidation sites excluding steroid dienone is 5. The van der Waals surface area contributed by atoms with Crippen molar-refractivity contribution >= 4 is 18.0 Å². The van der Waals surface area contributed by atoms with E-state index in [4.69, 9.17) is 4.74 Å². The van der Waals surface area contributed by atoms with Crippen LogP contribution in [0.15, 0.2) is 34.9 Å². The Morgan fingerprint density at radius 1 is 0.923 bits per heavy atom. The summed E-state index contributed by atoms with van der Waals surface area (Å²) in [6.45, 7) is 9.91. The second kappa shape index (κ2) is 14.2. The lowest BCUT2D eigenvalue weighted by Gasteiger charge is -2.07. The van der Waals surface area contributed by atoms with Gasteiger partial charge in [-0.15, -0.1) is 0 Å². The van der Waals surface area contributed by atoms with Crippen molar-refractivity contribution in [3.8, 4) is 0 Å². The van der Waals surface area contributed by atoms with E-state index in [0.29, 0.717) is 31.4 Å². The molecule has 0 N–H and O–H groups in total. The molecule has 4 heteroatoms. The van der Waals surface area contributed by atoms with Crippen LogP contribution in [0.4, 0.5) is 0 Å². The minimum absolute atomic E-state index is 0.0814. The van der Waals surface area contributed by atoms with E-state index in [2.05, 4.69) is 6.08 Å². The molecule has 0 aliphatic rings. The molecule has 146 valence electrons. The molecule has 0 rings (SSSR count). The number of rotatable bonds is 13. The van der Waals surface area contributed by atoms with Crippen molar-refractivity contribution in [2.45, 2.75) is 73.1 Å². The van der Waals surface area contributed by atoms with E-state index in [9.17, 15) is 14.4 Å². The zero-order valence-corrected chi connectivity index (χ0v) is 17.0. The van der Waals surface area contributed by atoms with Crippen molar-refractivity contribution in [2.24, 2.45) is 5.92 Å². The van der Waals surface area contributed by atoms with E-state index in [1.807, 2.05) is 33.8 Å². The zero-order chi connectivity index (χ0) is 19.9. The van der Waals surface area contributed by atoms with Gasteiger partial charge in [0.25, 0.3) is 0 Å². The van der Waals surface area contributed by atoms with Gasteiger partial charge in [-0.3, -0.25) is 9.59 Å². The van der Waals surface area contributed by atoms with Crippen molar-refractivity contribution in [3.05, 3.63) is 34.9 Å². The summed E-state index contributed by atoms with van der Waals surface area (Å²) in [7, 11) is 0. The molecule has 0 saturated carbocycles. The van der Waals surface area contributed by atoms with Gasteiger partial charge in [-0.2, -0.15) is 0 Å². The quantitative estimate of drug-likeness (QED) is 0.197. The van der Waals surface area contributed by atoms with Gasteiger partial charge in [0, 0.05) is 17.9 Å². The van der Waals surface area contributed by atoms with Crippen LogP contribution in [0.2, 0.25) is 0 Å². The molecule has 0 saturated heterocycles. The van der Waals surface area contributed by atoms with Crippen molar-refractivity contribution in [1.29, 1.82) is 0 Å². The summed E-state index contributed by atoms with van der Waals surface area (Å²) in [6, 6.07) is 0. The third-order valence-electron chi connectivity index (χ3n) is 4.14. The Balaban J connectivity index is 4.65. The molecular formula is C22H34O4. The molecule has 0 atom stereocenters. The molecule has 0 aliphatic heterocycles. The highest BCUT2D eigenvalue weighted by molar-refractivity contribution is 5.88. The first-order chi connectivity index (χ1) is 12.3. The summed E-state index contributed by atoms with van der Waals surface area (Å²) in [5, 5.41) is 0. The Kier molecular flexibility index (Phi) is 13.1. The molecule has 0 fully saturated rings. The average molecular weight is 363 g/mol. The van der Waals surface area contributed by atoms with Crippen LogP contribution in [0.5, 0.6) is 0 Å². The number of esters is 1. The highest BCUT2D eigenvalue weighted by Gasteiger charge is 2.10. The molecule has 0 spiro atoms. The fourth-order valence-corrected chi connectivity index (χ4v) is 2.37. The number of aldehydes is 1. The lowest BCUT2D eigenvalue weighted by molar-refractivity contribution is -0.138. The minimum atomic E-state index is -0.273. The SMILES string of the molecule is CCOC(=O)/C(=C/CC/C(C)=C/C=O)CC/C=C(\C)CCC(=O)C(C)C. The summed E-state index contributed by atoms with van der Waals surface area (Å²) in [6.07, 6.45) is 10.5. The Morgan fingerprint density at radius 2 is 1.58 bits per heavy atom. The normalized spacial score (nSPS) is 13.1. The Morgan fingerprint density at radius 3 is 2.15 bits per heavy atom. The molecule has 0 heterocycles. The molecule has 0 amide bonds. The van der Waals surface area contributed by atoms with Gasteiger partial charge in [-0.25, -0.2) is 4.79 Å². The Bertz CT molecular complexity index is 550. The van der Waals surface area contributed by atoms with Gasteiger partial charge < -0.3 is 4.74 Å². The summed E-state index contributed by atoms with van der Waals surface area (Å²) >= 11 is 0. The van der Waals surface area contributed by atoms with E-state index in [-0.39, 0.29) is 17.7 Å². The van der Waals surface area contributed by atoms with Crippen LogP contribution >= 0.6 is 0 Å². The van der Waals surface area contributed by atoms with E-state index in [1.165, 1.54) is 5.57 Å². The van der Waals surface area contributed by atoms with Gasteiger partial charge in [0.1, 0.15) is 12.1 Å². The fraction of sp³-hybridized carbons (Fsp3) is 0.591. The van der Waals surface area contributed by atoms with Crippen LogP contribution < -0.4 is 0 Å². The highest BCUT2D eigenvalue weighted by Crippen LogP contribution is 2.15. The Labute approximate surface area is 158 Å². The van der Waals surface area contributed by atoms with Crippen LogP contribution in [0.25, 0.3) is 0 Å². The summed E-state index contributed by atoms with van der Waals surface area (Å²) in [5.41, 5.74) is 2.84. The minimum Gasteiger partial charge on any atom is -0.463 e. The van der Waals surface area contributed by atoms with Crippen molar-refractivity contribution in [2.75, 3.05) is 6.61 Å². The van der Waals surface area contributed by atoms with Crippen LogP contribution in [0.1, 0.15) is 73.1 Å². The third-order valence-corrected chi connectivity index (χ3v) is 4.14. The molecule has 0 bridgehead atoms. The van der Waals surface area contributed by atoms with Gasteiger partial charge in [-0.05, 0) is 59.0 Å². The van der Waals surface area contributed by atoms with Crippen molar-refractivity contribution in [1.82, 2.24) is 0 Å². The molecule has 0 aromatic carbocycles. The summed E-state index contributed by atoms with van der Waals surface area (Å²) < 4.78 is 5.13. The molecule has 0 radical (unpaired) electrons. The molecule has 0 aromatic heterocycles. The zero-order valence-electron chi connectivity index (χ0n) is 17.0. The monoisotopic (exact) mass is 362 g/mol. The van der Waals surface area contributed by atoms with E-state index in [0.717, 1.165) is 31.1 Å². The first-order valence-electron chi connectivity index (χ1n) is 9.47. The number of hydrogen-bond donors (Lipinski definition) is 0. The van der Waals surface area contributed by atoms with Gasteiger partial charge in [0.2, 0.25) is 0 Å². The van der Waals surface area contributed by atoms with Gasteiger partial charge >= 0.3 is 5.97 Å². The molecule has 0 unspecified atom stereocenters. The fourth-order valence-electron chi connectivity index (χ4n) is 2.37. The smallest absolute Gasteiger partial charge is 0.333 e. The van der Waals surface area contributed by atoms with Gasteiger partial charge in [0.05, 0.1) is 6.61 Å². The third kappa shape index (κ3) is 11.6. The number of carbonyl (C=O) groups excluding carboxylic acids is 3. The number of ketones is 1. The predicted octanol–water partition coefficient (Wildman–Crippen LogP) is 5.13. The van der Waals surface area contributed by atoms with Crippen molar-refractivity contribution in [3.63, 3.8) is 0 Å². The first kappa shape index (κ1) is 24.0. The maximum atomic E-state index is 12.1. The standard InChI is InChI=1S/C22H34O4/c1-6-26-22(25)20(12-8-10-19(5)15-16-23)11-7-9-18(4)13-14-21(24)17(2)3/h9,12,15-17H,6-8,10-11,13-14H2,1-5H3/b18-9+,19-15+,20-12+. The second-order valence-corrected chi connectivity index (χ2v) is 6.85. The van der Waals surface area contributed by atoms with Crippen LogP contribution in [-0.4, -0.2) is 24.6 Å². The van der Waals surface area contributed by atoms with Crippen molar-refractivity contribution < 1.29 is 19.1 Å². The molecule has 26 heavy (non-hydrogen) atoms. The first-order valence-corrected chi connectivity index (χ1v) is 9.47.